The van der Waals surface area contributed by atoms with Crippen molar-refractivity contribution in [2.75, 3.05) is 20.7 Å². The van der Waals surface area contributed by atoms with Crippen molar-refractivity contribution in [3.05, 3.63) is 53.7 Å². The molecule has 1 aromatic heterocycles. The Labute approximate surface area is 160 Å². The smallest absolute Gasteiger partial charge is 0.340 e. The zero-order chi connectivity index (χ0) is 19.6. The van der Waals surface area contributed by atoms with Crippen LogP contribution in [0.3, 0.4) is 0 Å². The van der Waals surface area contributed by atoms with Gasteiger partial charge >= 0.3 is 5.97 Å². The predicted octanol–water partition coefficient (Wildman–Crippen LogP) is 3.00. The van der Waals surface area contributed by atoms with Crippen molar-refractivity contribution >= 4 is 11.5 Å². The second-order valence-electron chi connectivity index (χ2n) is 7.67. The molecule has 1 fully saturated rings. The summed E-state index contributed by atoms with van der Waals surface area (Å²) in [5.41, 5.74) is 2.44. The average molecular weight is 368 g/mol. The molecule has 27 heavy (non-hydrogen) atoms. The van der Waals surface area contributed by atoms with E-state index in [2.05, 4.69) is 29.3 Å². The largest absolute Gasteiger partial charge is 0.462 e. The van der Waals surface area contributed by atoms with Crippen molar-refractivity contribution in [3.8, 4) is 0 Å². The van der Waals surface area contributed by atoms with E-state index < -0.39 is 0 Å². The molecule has 2 aromatic rings. The van der Waals surface area contributed by atoms with Gasteiger partial charge in [-0.25, -0.2) is 4.79 Å². The summed E-state index contributed by atoms with van der Waals surface area (Å²) in [7, 11) is 5.79. The summed E-state index contributed by atoms with van der Waals surface area (Å²) in [6, 6.07) is 8.20. The van der Waals surface area contributed by atoms with Gasteiger partial charge in [0.15, 0.2) is 0 Å². The number of hydrogen-bond acceptors (Lipinski definition) is 5. The van der Waals surface area contributed by atoms with E-state index >= 15 is 0 Å². The molecule has 1 saturated carbocycles. The van der Waals surface area contributed by atoms with Gasteiger partial charge in [0, 0.05) is 27.3 Å². The molecule has 144 valence electrons. The number of benzene rings is 1. The fourth-order valence-electron chi connectivity index (χ4n) is 4.09. The maximum absolute atomic E-state index is 12.5. The van der Waals surface area contributed by atoms with Crippen molar-refractivity contribution in [2.24, 2.45) is 13.0 Å². The van der Waals surface area contributed by atoms with Crippen LogP contribution in [-0.4, -0.2) is 46.3 Å². The number of hydrogen-bond donors (Lipinski definition) is 0. The Hall–Kier alpha value is -2.63. The van der Waals surface area contributed by atoms with E-state index in [9.17, 15) is 4.79 Å². The van der Waals surface area contributed by atoms with E-state index in [0.717, 1.165) is 24.2 Å². The monoisotopic (exact) mass is 368 g/mol. The first-order valence-corrected chi connectivity index (χ1v) is 9.38. The first kappa shape index (κ1) is 19.1. The molecule has 0 amide bonds. The Kier molecular flexibility index (Phi) is 5.35. The molecule has 0 radical (unpaired) electrons. The molecule has 0 saturated heterocycles. The maximum Gasteiger partial charge on any atom is 0.340 e. The van der Waals surface area contributed by atoms with Crippen molar-refractivity contribution in [1.82, 2.24) is 19.7 Å². The number of nitrogens with zero attached hydrogens (tertiary/aromatic N) is 4. The molecule has 0 atom stereocenters. The minimum Gasteiger partial charge on any atom is -0.462 e. The Morgan fingerprint density at radius 3 is 2.70 bits per heavy atom. The summed E-state index contributed by atoms with van der Waals surface area (Å²) in [6.45, 7) is 4.43. The number of esters is 1. The van der Waals surface area contributed by atoms with E-state index in [-0.39, 0.29) is 11.4 Å². The van der Waals surface area contributed by atoms with Crippen LogP contribution in [0.2, 0.25) is 0 Å². The SMILES string of the molecule is CCOC(=O)/C(=C/N(C)C)c1cccc(C2(c3nncn3C)CC(C)C2)c1. The second kappa shape index (κ2) is 7.55. The third-order valence-electron chi connectivity index (χ3n) is 5.14. The van der Waals surface area contributed by atoms with Gasteiger partial charge in [-0.3, -0.25) is 0 Å². The highest BCUT2D eigenvalue weighted by atomic mass is 16.5. The molecule has 3 rings (SSSR count). The zero-order valence-corrected chi connectivity index (χ0v) is 16.8. The number of rotatable bonds is 6. The third kappa shape index (κ3) is 3.61. The molecular formula is C21H28N4O2. The minimum absolute atomic E-state index is 0.154. The number of ether oxygens (including phenoxy) is 1. The van der Waals surface area contributed by atoms with E-state index in [1.54, 1.807) is 6.33 Å². The third-order valence-corrected chi connectivity index (χ3v) is 5.14. The highest BCUT2D eigenvalue weighted by molar-refractivity contribution is 6.16. The highest BCUT2D eigenvalue weighted by Gasteiger charge is 2.48. The average Bonchev–Trinajstić information content (AvgIpc) is 3.03. The Balaban J connectivity index is 2.06. The van der Waals surface area contributed by atoms with Crippen molar-refractivity contribution in [3.63, 3.8) is 0 Å². The molecule has 0 spiro atoms. The molecule has 0 aliphatic heterocycles. The lowest BCUT2D eigenvalue weighted by Gasteiger charge is -2.46. The Morgan fingerprint density at radius 1 is 1.41 bits per heavy atom. The van der Waals surface area contributed by atoms with Crippen molar-refractivity contribution in [2.45, 2.75) is 32.1 Å². The van der Waals surface area contributed by atoms with Crippen LogP contribution >= 0.6 is 0 Å². The van der Waals surface area contributed by atoms with Gasteiger partial charge in [0.2, 0.25) is 0 Å². The number of aryl methyl sites for hydroxylation is 1. The highest BCUT2D eigenvalue weighted by Crippen LogP contribution is 2.51. The number of carbonyl (C=O) groups is 1. The molecule has 1 heterocycles. The van der Waals surface area contributed by atoms with Crippen LogP contribution in [0.4, 0.5) is 0 Å². The molecule has 1 aliphatic rings. The quantitative estimate of drug-likeness (QED) is 0.579. The Morgan fingerprint density at radius 2 is 2.15 bits per heavy atom. The van der Waals surface area contributed by atoms with Crippen LogP contribution in [0.1, 0.15) is 43.6 Å². The minimum atomic E-state index is -0.307. The summed E-state index contributed by atoms with van der Waals surface area (Å²) in [5, 5.41) is 8.50. The van der Waals surface area contributed by atoms with Crippen LogP contribution in [0, 0.1) is 5.92 Å². The van der Waals surface area contributed by atoms with Gasteiger partial charge in [0.05, 0.1) is 17.6 Å². The van der Waals surface area contributed by atoms with Crippen LogP contribution in [-0.2, 0) is 22.0 Å². The van der Waals surface area contributed by atoms with Gasteiger partial charge in [0.25, 0.3) is 0 Å². The van der Waals surface area contributed by atoms with Gasteiger partial charge < -0.3 is 14.2 Å². The van der Waals surface area contributed by atoms with Gasteiger partial charge in [-0.1, -0.05) is 25.1 Å². The normalized spacial score (nSPS) is 22.3. The zero-order valence-electron chi connectivity index (χ0n) is 16.8. The lowest BCUT2D eigenvalue weighted by molar-refractivity contribution is -0.136. The second-order valence-corrected chi connectivity index (χ2v) is 7.67. The summed E-state index contributed by atoms with van der Waals surface area (Å²) < 4.78 is 7.27. The molecule has 1 aliphatic carbocycles. The van der Waals surface area contributed by atoms with Crippen LogP contribution < -0.4 is 0 Å². The van der Waals surface area contributed by atoms with E-state index in [1.165, 1.54) is 5.56 Å². The first-order valence-electron chi connectivity index (χ1n) is 9.38. The molecule has 6 heteroatoms. The van der Waals surface area contributed by atoms with E-state index in [4.69, 9.17) is 4.74 Å². The predicted molar refractivity (Wildman–Crippen MR) is 105 cm³/mol. The van der Waals surface area contributed by atoms with Gasteiger partial charge in [-0.05, 0) is 42.9 Å². The molecular weight excluding hydrogens is 340 g/mol. The maximum atomic E-state index is 12.5. The summed E-state index contributed by atoms with van der Waals surface area (Å²) in [4.78, 5) is 14.4. The van der Waals surface area contributed by atoms with Gasteiger partial charge in [-0.2, -0.15) is 0 Å². The molecule has 0 unspecified atom stereocenters. The van der Waals surface area contributed by atoms with Gasteiger partial charge in [-0.15, -0.1) is 10.2 Å². The summed E-state index contributed by atoms with van der Waals surface area (Å²) in [5.74, 6) is 1.30. The molecule has 6 nitrogen and oxygen atoms in total. The topological polar surface area (TPSA) is 60.2 Å². The first-order chi connectivity index (χ1) is 12.9. The van der Waals surface area contributed by atoms with Crippen LogP contribution in [0.25, 0.3) is 5.57 Å². The summed E-state index contributed by atoms with van der Waals surface area (Å²) in [6.07, 6.45) is 5.61. The van der Waals surface area contributed by atoms with E-state index in [1.807, 2.05) is 55.9 Å². The lowest BCUT2D eigenvalue weighted by Crippen LogP contribution is -2.43. The molecule has 0 N–H and O–H groups in total. The van der Waals surface area contributed by atoms with Crippen LogP contribution in [0.15, 0.2) is 36.8 Å². The number of carbonyl (C=O) groups excluding carboxylic acids is 1. The number of aromatic nitrogens is 3. The van der Waals surface area contributed by atoms with Gasteiger partial charge in [0.1, 0.15) is 12.2 Å². The van der Waals surface area contributed by atoms with Crippen molar-refractivity contribution < 1.29 is 9.53 Å². The fraction of sp³-hybridized carbons (Fsp3) is 0.476. The van der Waals surface area contributed by atoms with Crippen LogP contribution in [0.5, 0.6) is 0 Å². The van der Waals surface area contributed by atoms with E-state index in [0.29, 0.717) is 18.1 Å². The molecule has 1 aromatic carbocycles. The fourth-order valence-corrected chi connectivity index (χ4v) is 4.09. The standard InChI is InChI=1S/C21H28N4O2/c1-6-27-19(26)18(13-24(3)4)16-8-7-9-17(10-16)21(11-15(2)12-21)20-23-22-14-25(20)5/h7-10,13-15H,6,11-12H2,1-5H3/b18-13+. The lowest BCUT2D eigenvalue weighted by atomic mass is 9.58. The summed E-state index contributed by atoms with van der Waals surface area (Å²) >= 11 is 0. The Bertz CT molecular complexity index is 847. The van der Waals surface area contributed by atoms with Crippen molar-refractivity contribution in [1.29, 1.82) is 0 Å². The molecule has 0 bridgehead atoms.